The number of hydrogen-bond donors (Lipinski definition) is 1. The number of amides is 1. The maximum atomic E-state index is 13.0. The molecule has 10 heteroatoms. The maximum absolute atomic E-state index is 13.0. The van der Waals surface area contributed by atoms with Gasteiger partial charge in [-0.15, -0.1) is 0 Å². The average Bonchev–Trinajstić information content (AvgIpc) is 3.04. The summed E-state index contributed by atoms with van der Waals surface area (Å²) in [6, 6.07) is 3.44. The number of carbonyl (C=O) groups excluding carboxylic acids is 1. The monoisotopic (exact) mass is 384 g/mol. The first-order valence-corrected chi connectivity index (χ1v) is 8.22. The van der Waals surface area contributed by atoms with Crippen LogP contribution in [0.3, 0.4) is 0 Å². The quantitative estimate of drug-likeness (QED) is 0.876. The fraction of sp³-hybridized carbons (Fsp3) is 0.471. The van der Waals surface area contributed by atoms with Gasteiger partial charge in [-0.05, 0) is 13.0 Å². The molecule has 0 bridgehead atoms. The second-order valence-corrected chi connectivity index (χ2v) is 6.68. The predicted octanol–water partition coefficient (Wildman–Crippen LogP) is 2.03. The van der Waals surface area contributed by atoms with Crippen LogP contribution in [0.15, 0.2) is 24.5 Å². The smallest absolute Gasteiger partial charge is 0.426 e. The van der Waals surface area contributed by atoms with Crippen LogP contribution in [0.2, 0.25) is 0 Å². The number of rotatable bonds is 3. The number of carbonyl (C=O) groups is 1. The molecule has 0 aromatic carbocycles. The Labute approximate surface area is 153 Å². The third-order valence-corrected chi connectivity index (χ3v) is 4.64. The summed E-state index contributed by atoms with van der Waals surface area (Å²) < 4.78 is 45.6. The van der Waals surface area contributed by atoms with Crippen molar-refractivity contribution in [3.8, 4) is 11.6 Å². The van der Waals surface area contributed by atoms with Gasteiger partial charge >= 0.3 is 6.18 Å². The lowest BCUT2D eigenvalue weighted by atomic mass is 9.95. The number of fused-ring (bicyclic) bond motifs is 1. The summed E-state index contributed by atoms with van der Waals surface area (Å²) in [6.07, 6.45) is -1.96. The van der Waals surface area contributed by atoms with Crippen molar-refractivity contribution in [1.82, 2.24) is 19.7 Å². The van der Waals surface area contributed by atoms with Crippen LogP contribution < -0.4 is 4.74 Å². The molecule has 1 amide bonds. The van der Waals surface area contributed by atoms with E-state index in [1.165, 1.54) is 13.3 Å². The molecule has 0 aliphatic carbocycles. The van der Waals surface area contributed by atoms with E-state index in [4.69, 9.17) is 4.74 Å². The van der Waals surface area contributed by atoms with Crippen molar-refractivity contribution >= 4 is 5.91 Å². The number of pyridine rings is 1. The minimum atomic E-state index is -5.05. The van der Waals surface area contributed by atoms with Crippen LogP contribution >= 0.6 is 0 Å². The zero-order chi connectivity index (χ0) is 20.0. The predicted molar refractivity (Wildman–Crippen MR) is 88.4 cm³/mol. The molecule has 2 atom stereocenters. The third-order valence-electron chi connectivity index (χ3n) is 4.64. The largest absolute Gasteiger partial charge is 0.481 e. The molecule has 0 saturated carbocycles. The van der Waals surface area contributed by atoms with Gasteiger partial charge < -0.3 is 14.7 Å². The number of alkyl halides is 3. The van der Waals surface area contributed by atoms with E-state index >= 15 is 0 Å². The first-order chi connectivity index (χ1) is 12.6. The second-order valence-electron chi connectivity index (χ2n) is 6.68. The summed E-state index contributed by atoms with van der Waals surface area (Å²) in [7, 11) is 1.50. The van der Waals surface area contributed by atoms with Gasteiger partial charge in [-0.1, -0.05) is 6.92 Å². The molecule has 7 nitrogen and oxygen atoms in total. The highest BCUT2D eigenvalue weighted by molar-refractivity contribution is 5.85. The summed E-state index contributed by atoms with van der Waals surface area (Å²) in [4.78, 5) is 17.4. The summed E-state index contributed by atoms with van der Waals surface area (Å²) in [5, 5.41) is 14.0. The van der Waals surface area contributed by atoms with Crippen molar-refractivity contribution in [3.63, 3.8) is 0 Å². The number of halogens is 3. The Morgan fingerprint density at radius 3 is 2.59 bits per heavy atom. The molecule has 27 heavy (non-hydrogen) atoms. The lowest BCUT2D eigenvalue weighted by Crippen LogP contribution is -2.57. The van der Waals surface area contributed by atoms with Crippen molar-refractivity contribution in [2.75, 3.05) is 13.7 Å². The minimum absolute atomic E-state index is 0.0351. The van der Waals surface area contributed by atoms with E-state index in [-0.39, 0.29) is 19.0 Å². The van der Waals surface area contributed by atoms with E-state index in [0.29, 0.717) is 24.1 Å². The summed E-state index contributed by atoms with van der Waals surface area (Å²) in [5.41, 5.74) is -1.35. The van der Waals surface area contributed by atoms with Gasteiger partial charge in [0, 0.05) is 30.6 Å². The zero-order valence-electron chi connectivity index (χ0n) is 15.0. The lowest BCUT2D eigenvalue weighted by molar-refractivity contribution is -0.250. The first kappa shape index (κ1) is 19.2. The number of methoxy groups -OCH3 is 1. The zero-order valence-corrected chi connectivity index (χ0v) is 15.0. The molecule has 0 saturated heterocycles. The van der Waals surface area contributed by atoms with E-state index in [1.54, 1.807) is 29.9 Å². The van der Waals surface area contributed by atoms with Gasteiger partial charge in [0.2, 0.25) is 11.5 Å². The number of nitrogens with zero attached hydrogens (tertiary/aromatic N) is 4. The Hall–Kier alpha value is -2.62. The second kappa shape index (κ2) is 6.52. The molecule has 1 aliphatic heterocycles. The van der Waals surface area contributed by atoms with Crippen molar-refractivity contribution < 1.29 is 27.8 Å². The van der Waals surface area contributed by atoms with Crippen LogP contribution in [0.25, 0.3) is 5.69 Å². The van der Waals surface area contributed by atoms with Gasteiger partial charge in [0.25, 0.3) is 5.91 Å². The Morgan fingerprint density at radius 2 is 2.04 bits per heavy atom. The van der Waals surface area contributed by atoms with Crippen molar-refractivity contribution in [2.45, 2.75) is 38.1 Å². The topological polar surface area (TPSA) is 80.5 Å². The van der Waals surface area contributed by atoms with E-state index in [1.807, 2.05) is 0 Å². The number of ether oxygens (including phenoxy) is 1. The van der Waals surface area contributed by atoms with Gasteiger partial charge in [0.05, 0.1) is 30.9 Å². The first-order valence-electron chi connectivity index (χ1n) is 8.22. The summed E-state index contributed by atoms with van der Waals surface area (Å²) in [6.45, 7) is 2.24. The van der Waals surface area contributed by atoms with Crippen LogP contribution in [0.5, 0.6) is 5.88 Å². The molecule has 3 rings (SSSR count). The van der Waals surface area contributed by atoms with Gasteiger partial charge in [-0.3, -0.25) is 4.79 Å². The molecule has 2 aromatic heterocycles. The van der Waals surface area contributed by atoms with Gasteiger partial charge in [0.15, 0.2) is 0 Å². The lowest BCUT2D eigenvalue weighted by Gasteiger charge is -2.36. The van der Waals surface area contributed by atoms with Crippen LogP contribution in [-0.4, -0.2) is 56.1 Å². The molecule has 2 aromatic rings. The molecule has 3 heterocycles. The van der Waals surface area contributed by atoms with Crippen LogP contribution in [0.1, 0.15) is 31.0 Å². The Morgan fingerprint density at radius 1 is 1.33 bits per heavy atom. The van der Waals surface area contributed by atoms with Gasteiger partial charge in [-0.25, -0.2) is 9.67 Å². The Kier molecular flexibility index (Phi) is 4.62. The number of hydrogen-bond acceptors (Lipinski definition) is 5. The van der Waals surface area contributed by atoms with Crippen LogP contribution in [0.4, 0.5) is 13.2 Å². The highest BCUT2D eigenvalue weighted by Gasteiger charge is 2.57. The van der Waals surface area contributed by atoms with Gasteiger partial charge in [-0.2, -0.15) is 18.3 Å². The summed E-state index contributed by atoms with van der Waals surface area (Å²) in [5.74, 6) is -1.21. The highest BCUT2D eigenvalue weighted by atomic mass is 19.4. The number of aromatic nitrogens is 3. The molecule has 0 spiro atoms. The van der Waals surface area contributed by atoms with E-state index < -0.39 is 17.7 Å². The molecule has 1 N–H and O–H groups in total. The van der Waals surface area contributed by atoms with Crippen LogP contribution in [-0.2, 0) is 11.3 Å². The molecular formula is C17H19F3N4O3. The standard InChI is InChI=1S/C17H19F3N4O3/c1-10-8-23(15(25)16(2,26)17(18,19)20)9-11-6-22-24(14(10)11)12-4-5-13(27-3)21-7-12/h4-7,10,26H,8-9H2,1-3H3/t10-,16-/m1/s1. The molecule has 0 unspecified atom stereocenters. The SMILES string of the molecule is COc1ccc(-n2ncc3c2[C@H](C)CN(C(=O)[C@@](C)(O)C(F)(F)F)C3)cn1. The molecular weight excluding hydrogens is 365 g/mol. The van der Waals surface area contributed by atoms with Crippen LogP contribution in [0, 0.1) is 0 Å². The van der Waals surface area contributed by atoms with Gasteiger partial charge in [0.1, 0.15) is 0 Å². The normalized spacial score (nSPS) is 19.4. The maximum Gasteiger partial charge on any atom is 0.426 e. The summed E-state index contributed by atoms with van der Waals surface area (Å²) >= 11 is 0. The fourth-order valence-corrected chi connectivity index (χ4v) is 3.13. The molecule has 146 valence electrons. The van der Waals surface area contributed by atoms with E-state index in [0.717, 1.165) is 10.6 Å². The fourth-order valence-electron chi connectivity index (χ4n) is 3.13. The van der Waals surface area contributed by atoms with Crippen molar-refractivity contribution in [1.29, 1.82) is 0 Å². The van der Waals surface area contributed by atoms with E-state index in [9.17, 15) is 23.1 Å². The minimum Gasteiger partial charge on any atom is -0.481 e. The molecule has 0 radical (unpaired) electrons. The Bertz CT molecular complexity index is 846. The van der Waals surface area contributed by atoms with E-state index in [2.05, 4.69) is 10.1 Å². The Balaban J connectivity index is 1.89. The number of aliphatic hydroxyl groups is 1. The molecule has 0 fully saturated rings. The highest BCUT2D eigenvalue weighted by Crippen LogP contribution is 2.35. The van der Waals surface area contributed by atoms with Crippen molar-refractivity contribution in [2.24, 2.45) is 0 Å². The third kappa shape index (κ3) is 3.25. The average molecular weight is 384 g/mol. The molecule has 1 aliphatic rings. The van der Waals surface area contributed by atoms with Crippen molar-refractivity contribution in [3.05, 3.63) is 35.8 Å².